The van der Waals surface area contributed by atoms with Gasteiger partial charge in [0.2, 0.25) is 0 Å². The Balaban J connectivity index is 1.69. The minimum absolute atomic E-state index is 0.0276. The van der Waals surface area contributed by atoms with Crippen molar-refractivity contribution in [3.63, 3.8) is 0 Å². The molecule has 2 aliphatic heterocycles. The van der Waals surface area contributed by atoms with E-state index in [0.29, 0.717) is 5.56 Å². The molecular weight excluding hydrogens is 398 g/mol. The number of sulfone groups is 1. The first-order valence-electron chi connectivity index (χ1n) is 10.1. The smallest absolute Gasteiger partial charge is 0.163 e. The molecule has 0 N–H and O–H groups in total. The van der Waals surface area contributed by atoms with Gasteiger partial charge in [-0.25, -0.2) is 8.42 Å². The van der Waals surface area contributed by atoms with E-state index < -0.39 is 15.3 Å². The Labute approximate surface area is 178 Å². The lowest BCUT2D eigenvalue weighted by molar-refractivity contribution is 0.0936. The summed E-state index contributed by atoms with van der Waals surface area (Å²) in [5.74, 6) is 0.952. The van der Waals surface area contributed by atoms with Crippen LogP contribution in [0, 0.1) is 12.3 Å². The number of rotatable bonds is 5. The third-order valence-corrected chi connectivity index (χ3v) is 7.97. The largest absolute Gasteiger partial charge is 0.324 e. The number of aromatic nitrogens is 1. The van der Waals surface area contributed by atoms with E-state index >= 15 is 0 Å². The maximum Gasteiger partial charge on any atom is 0.163 e. The third kappa shape index (κ3) is 3.51. The minimum Gasteiger partial charge on any atom is -0.324 e. The van der Waals surface area contributed by atoms with E-state index in [-0.39, 0.29) is 29.8 Å². The maximum absolute atomic E-state index is 13.0. The van der Waals surface area contributed by atoms with Crippen molar-refractivity contribution >= 4 is 32.7 Å². The molecular formula is C23H27N3O3S. The first-order valence-corrected chi connectivity index (χ1v) is 11.9. The van der Waals surface area contributed by atoms with Crippen molar-refractivity contribution in [2.45, 2.75) is 40.2 Å². The normalized spacial score (nSPS) is 19.0. The molecule has 30 heavy (non-hydrogen) atoms. The lowest BCUT2D eigenvalue weighted by Gasteiger charge is -2.37. The van der Waals surface area contributed by atoms with Crippen molar-refractivity contribution in [3.05, 3.63) is 60.2 Å². The van der Waals surface area contributed by atoms with Gasteiger partial charge in [-0.05, 0) is 50.6 Å². The first-order chi connectivity index (χ1) is 14.0. The van der Waals surface area contributed by atoms with Crippen LogP contribution in [0.5, 0.6) is 0 Å². The molecule has 0 bridgehead atoms. The number of aryl methyl sites for hydroxylation is 1. The number of benzene rings is 1. The van der Waals surface area contributed by atoms with Crippen molar-refractivity contribution in [3.8, 4) is 0 Å². The van der Waals surface area contributed by atoms with E-state index in [1.807, 2.05) is 44.4 Å². The molecule has 0 saturated carbocycles. The fourth-order valence-corrected chi connectivity index (χ4v) is 6.84. The molecule has 7 heteroatoms. The molecule has 1 fully saturated rings. The van der Waals surface area contributed by atoms with Crippen LogP contribution in [0.3, 0.4) is 0 Å². The van der Waals surface area contributed by atoms with E-state index in [9.17, 15) is 13.2 Å². The van der Waals surface area contributed by atoms with E-state index in [1.165, 1.54) is 0 Å². The second-order valence-corrected chi connectivity index (χ2v) is 11.1. The highest BCUT2D eigenvalue weighted by atomic mass is 32.2. The van der Waals surface area contributed by atoms with Gasteiger partial charge in [0.15, 0.2) is 15.6 Å². The van der Waals surface area contributed by atoms with E-state index in [2.05, 4.69) is 41.3 Å². The van der Waals surface area contributed by atoms with Gasteiger partial charge in [0, 0.05) is 29.6 Å². The van der Waals surface area contributed by atoms with Crippen LogP contribution in [0.25, 0.3) is 0 Å². The Hall–Kier alpha value is -2.67. The summed E-state index contributed by atoms with van der Waals surface area (Å²) in [4.78, 5) is 21.4. The van der Waals surface area contributed by atoms with E-state index in [1.54, 1.807) is 0 Å². The van der Waals surface area contributed by atoms with E-state index in [0.717, 1.165) is 28.4 Å². The van der Waals surface area contributed by atoms with Crippen LogP contribution in [0.15, 0.2) is 49.1 Å². The highest BCUT2D eigenvalue weighted by molar-refractivity contribution is 7.92. The van der Waals surface area contributed by atoms with Gasteiger partial charge in [-0.2, -0.15) is 0 Å². The molecule has 0 atom stereocenters. The number of hydrogen-bond donors (Lipinski definition) is 0. The number of pyridine rings is 1. The Morgan fingerprint density at radius 1 is 1.20 bits per heavy atom. The lowest BCUT2D eigenvalue weighted by Crippen LogP contribution is -2.47. The van der Waals surface area contributed by atoms with Crippen LogP contribution in [0.4, 0.5) is 17.1 Å². The summed E-state index contributed by atoms with van der Waals surface area (Å²) in [6, 6.07) is 7.88. The van der Waals surface area contributed by atoms with Crippen LogP contribution in [-0.4, -0.2) is 36.7 Å². The van der Waals surface area contributed by atoms with Gasteiger partial charge in [-0.15, -0.1) is 0 Å². The van der Waals surface area contributed by atoms with Gasteiger partial charge >= 0.3 is 0 Å². The number of Topliss-reactive ketones (excluding diaryl/α,β-unsaturated/α-hetero) is 1. The average molecular weight is 426 g/mol. The lowest BCUT2D eigenvalue weighted by atomic mass is 9.86. The Kier molecular flexibility index (Phi) is 4.77. The molecule has 0 aliphatic carbocycles. The molecule has 1 aromatic carbocycles. The molecule has 3 heterocycles. The van der Waals surface area contributed by atoms with Gasteiger partial charge in [-0.3, -0.25) is 14.7 Å². The first kappa shape index (κ1) is 20.6. The number of carbonyl (C=O) groups is 1. The summed E-state index contributed by atoms with van der Waals surface area (Å²) in [7, 11) is -2.98. The van der Waals surface area contributed by atoms with Gasteiger partial charge in [0.1, 0.15) is 5.82 Å². The van der Waals surface area contributed by atoms with E-state index in [4.69, 9.17) is 0 Å². The highest BCUT2D eigenvalue weighted by Gasteiger charge is 2.46. The fourth-order valence-electron chi connectivity index (χ4n) is 4.60. The number of ketones is 1. The van der Waals surface area contributed by atoms with Crippen LogP contribution in [-0.2, 0) is 9.84 Å². The van der Waals surface area contributed by atoms with Crippen LogP contribution >= 0.6 is 0 Å². The molecule has 1 saturated heterocycles. The molecule has 158 valence electrons. The summed E-state index contributed by atoms with van der Waals surface area (Å²) in [5, 5.41) is 0. The minimum atomic E-state index is -2.98. The zero-order valence-corrected chi connectivity index (χ0v) is 18.7. The summed E-state index contributed by atoms with van der Waals surface area (Å²) in [6.07, 6.45) is 3.86. The fraction of sp³-hybridized carbons (Fsp3) is 0.391. The number of anilines is 3. The second-order valence-electron chi connectivity index (χ2n) is 9.08. The quantitative estimate of drug-likeness (QED) is 0.668. The SMILES string of the molecule is C=C1N(c2cncc(C)c2)c2ccc(C(=O)CC3(C)CS(=O)(=O)C3)cc2N1C(C)C. The molecule has 0 unspecified atom stereocenters. The highest BCUT2D eigenvalue weighted by Crippen LogP contribution is 2.47. The van der Waals surface area contributed by atoms with Crippen LogP contribution in [0.2, 0.25) is 0 Å². The van der Waals surface area contributed by atoms with Crippen molar-refractivity contribution in [2.75, 3.05) is 21.3 Å². The molecule has 0 spiro atoms. The average Bonchev–Trinajstić information content (AvgIpc) is 2.90. The Morgan fingerprint density at radius 2 is 1.90 bits per heavy atom. The molecule has 0 radical (unpaired) electrons. The van der Waals surface area contributed by atoms with Gasteiger partial charge in [0.25, 0.3) is 0 Å². The molecule has 6 nitrogen and oxygen atoms in total. The standard InChI is InChI=1S/C23H27N3O3S/c1-15(2)25-17(4)26(19-8-16(3)11-24-12-19)20-7-6-18(9-21(20)25)22(27)10-23(5)13-30(28,29)14-23/h6-9,11-12,15H,4,10,13-14H2,1-3,5H3. The van der Waals surface area contributed by atoms with Crippen molar-refractivity contribution in [1.82, 2.24) is 4.98 Å². The molecule has 4 rings (SSSR count). The van der Waals surface area contributed by atoms with Crippen molar-refractivity contribution in [1.29, 1.82) is 0 Å². The summed E-state index contributed by atoms with van der Waals surface area (Å²) >= 11 is 0. The number of carbonyl (C=O) groups excluding carboxylic acids is 1. The summed E-state index contributed by atoms with van der Waals surface area (Å²) in [6.45, 7) is 12.3. The Bertz CT molecular complexity index is 1140. The van der Waals surface area contributed by atoms with Crippen LogP contribution < -0.4 is 9.80 Å². The van der Waals surface area contributed by atoms with Gasteiger partial charge in [0.05, 0.1) is 34.8 Å². The summed E-state index contributed by atoms with van der Waals surface area (Å²) < 4.78 is 23.2. The Morgan fingerprint density at radius 3 is 2.50 bits per heavy atom. The number of fused-ring (bicyclic) bond motifs is 1. The predicted molar refractivity (Wildman–Crippen MR) is 120 cm³/mol. The monoisotopic (exact) mass is 425 g/mol. The molecule has 0 amide bonds. The molecule has 1 aromatic heterocycles. The maximum atomic E-state index is 13.0. The topological polar surface area (TPSA) is 70.6 Å². The third-order valence-electron chi connectivity index (χ3n) is 5.69. The van der Waals surface area contributed by atoms with Crippen LogP contribution in [0.1, 0.15) is 43.1 Å². The van der Waals surface area contributed by atoms with Crippen molar-refractivity contribution < 1.29 is 13.2 Å². The molecule has 2 aromatic rings. The van der Waals surface area contributed by atoms with Gasteiger partial charge in [-0.1, -0.05) is 13.5 Å². The molecule has 2 aliphatic rings. The van der Waals surface area contributed by atoms with Gasteiger partial charge < -0.3 is 4.90 Å². The summed E-state index contributed by atoms with van der Waals surface area (Å²) in [5.41, 5.74) is 4.00. The second kappa shape index (κ2) is 6.94. The van der Waals surface area contributed by atoms with Crippen molar-refractivity contribution in [2.24, 2.45) is 5.41 Å². The zero-order chi connectivity index (χ0) is 21.8. The zero-order valence-electron chi connectivity index (χ0n) is 17.8. The number of hydrogen-bond acceptors (Lipinski definition) is 6. The number of nitrogens with zero attached hydrogens (tertiary/aromatic N) is 3. The predicted octanol–water partition coefficient (Wildman–Crippen LogP) is 4.24.